The van der Waals surface area contributed by atoms with Crippen LogP contribution in [0.1, 0.15) is 12.5 Å². The lowest BCUT2D eigenvalue weighted by molar-refractivity contribution is -0.137. The molecular formula is C11H14ClNO4S. The van der Waals surface area contributed by atoms with Crippen LogP contribution in [0.2, 0.25) is 5.02 Å². The number of hydrogen-bond acceptors (Lipinski definition) is 3. The summed E-state index contributed by atoms with van der Waals surface area (Å²) in [5, 5.41) is 9.05. The fourth-order valence-electron chi connectivity index (χ4n) is 1.52. The van der Waals surface area contributed by atoms with Crippen LogP contribution in [0, 0.1) is 6.92 Å². The molecule has 0 heterocycles. The van der Waals surface area contributed by atoms with Gasteiger partial charge >= 0.3 is 5.97 Å². The van der Waals surface area contributed by atoms with Gasteiger partial charge in [-0.15, -0.1) is 0 Å². The van der Waals surface area contributed by atoms with E-state index in [2.05, 4.69) is 0 Å². The van der Waals surface area contributed by atoms with Gasteiger partial charge in [0.2, 0.25) is 10.0 Å². The Morgan fingerprint density at radius 3 is 2.56 bits per heavy atom. The Hall–Kier alpha value is -1.11. The molecule has 0 fully saturated rings. The van der Waals surface area contributed by atoms with E-state index in [0.717, 1.165) is 4.31 Å². The predicted octanol–water partition coefficient (Wildman–Crippen LogP) is 1.74. The topological polar surface area (TPSA) is 74.7 Å². The van der Waals surface area contributed by atoms with E-state index in [0.29, 0.717) is 10.6 Å². The summed E-state index contributed by atoms with van der Waals surface area (Å²) in [6.45, 7) is 2.69. The lowest BCUT2D eigenvalue weighted by Crippen LogP contribution is -2.35. The molecule has 0 aliphatic heterocycles. The zero-order valence-corrected chi connectivity index (χ0v) is 11.6. The molecule has 7 heteroatoms. The van der Waals surface area contributed by atoms with Crippen LogP contribution in [0.4, 0.5) is 0 Å². The summed E-state index contributed by atoms with van der Waals surface area (Å²) in [5.74, 6) is -1.19. The molecule has 0 unspecified atom stereocenters. The van der Waals surface area contributed by atoms with Crippen molar-refractivity contribution in [3.63, 3.8) is 0 Å². The van der Waals surface area contributed by atoms with Gasteiger partial charge in [-0.1, -0.05) is 24.6 Å². The maximum Gasteiger partial charge on any atom is 0.318 e. The Bertz CT molecular complexity index is 556. The zero-order valence-electron chi connectivity index (χ0n) is 10.1. The molecule has 0 bridgehead atoms. The van der Waals surface area contributed by atoms with E-state index in [9.17, 15) is 13.2 Å². The molecule has 0 amide bonds. The molecule has 0 atom stereocenters. The number of nitrogens with zero attached hydrogens (tertiary/aromatic N) is 1. The fraction of sp³-hybridized carbons (Fsp3) is 0.364. The molecule has 1 aromatic rings. The number of likely N-dealkylation sites (N-methyl/N-ethyl adjacent to an activating group) is 1. The van der Waals surface area contributed by atoms with Crippen molar-refractivity contribution < 1.29 is 18.3 Å². The van der Waals surface area contributed by atoms with Crippen LogP contribution in [0.15, 0.2) is 23.1 Å². The number of rotatable bonds is 5. The van der Waals surface area contributed by atoms with E-state index in [4.69, 9.17) is 16.7 Å². The summed E-state index contributed by atoms with van der Waals surface area (Å²) in [6, 6.07) is 4.53. The Labute approximate surface area is 111 Å². The van der Waals surface area contributed by atoms with Crippen LogP contribution >= 0.6 is 11.6 Å². The van der Waals surface area contributed by atoms with Crippen molar-refractivity contribution in [2.45, 2.75) is 18.7 Å². The van der Waals surface area contributed by atoms with Gasteiger partial charge in [0, 0.05) is 11.6 Å². The van der Waals surface area contributed by atoms with Gasteiger partial charge in [-0.25, -0.2) is 8.42 Å². The second-order valence-corrected chi connectivity index (χ2v) is 6.00. The third kappa shape index (κ3) is 3.01. The highest BCUT2D eigenvalue weighted by Gasteiger charge is 2.27. The number of carboxylic acids is 1. The first-order valence-electron chi connectivity index (χ1n) is 5.27. The summed E-state index contributed by atoms with van der Waals surface area (Å²) in [7, 11) is -3.83. The molecule has 0 aliphatic carbocycles. The molecule has 1 rings (SSSR count). The summed E-state index contributed by atoms with van der Waals surface area (Å²) < 4.78 is 25.4. The van der Waals surface area contributed by atoms with Gasteiger partial charge in [-0.3, -0.25) is 4.79 Å². The quantitative estimate of drug-likeness (QED) is 0.897. The maximum absolute atomic E-state index is 12.3. The second-order valence-electron chi connectivity index (χ2n) is 3.69. The molecule has 18 heavy (non-hydrogen) atoms. The molecule has 0 saturated heterocycles. The molecule has 0 spiro atoms. The predicted molar refractivity (Wildman–Crippen MR) is 68.3 cm³/mol. The standard InChI is InChI=1S/C11H14ClNO4S/c1-3-13(7-11(14)15)18(16,17)10-6-4-5-9(12)8(10)2/h4-6H,3,7H2,1-2H3,(H,14,15). The number of benzene rings is 1. The summed E-state index contributed by atoms with van der Waals surface area (Å²) in [6.07, 6.45) is 0. The molecule has 1 N–H and O–H groups in total. The Kier molecular flexibility index (Phi) is 4.72. The molecule has 0 radical (unpaired) electrons. The smallest absolute Gasteiger partial charge is 0.318 e. The minimum absolute atomic E-state index is 0.0399. The van der Waals surface area contributed by atoms with E-state index in [1.54, 1.807) is 19.9 Å². The molecule has 5 nitrogen and oxygen atoms in total. The van der Waals surface area contributed by atoms with Crippen molar-refractivity contribution in [1.82, 2.24) is 4.31 Å². The molecule has 0 saturated carbocycles. The normalized spacial score (nSPS) is 11.8. The van der Waals surface area contributed by atoms with Crippen LogP contribution in [0.3, 0.4) is 0 Å². The average Bonchev–Trinajstić information content (AvgIpc) is 2.28. The van der Waals surface area contributed by atoms with Crippen LogP contribution < -0.4 is 0 Å². The molecule has 1 aromatic carbocycles. The largest absolute Gasteiger partial charge is 0.480 e. The van der Waals surface area contributed by atoms with Crippen molar-refractivity contribution in [3.05, 3.63) is 28.8 Å². The minimum atomic E-state index is -3.83. The highest BCUT2D eigenvalue weighted by Crippen LogP contribution is 2.25. The van der Waals surface area contributed by atoms with E-state index >= 15 is 0 Å². The highest BCUT2D eigenvalue weighted by atomic mass is 35.5. The van der Waals surface area contributed by atoms with E-state index < -0.39 is 22.5 Å². The van der Waals surface area contributed by atoms with Gasteiger partial charge in [0.25, 0.3) is 0 Å². The van der Waals surface area contributed by atoms with Crippen molar-refractivity contribution in [2.75, 3.05) is 13.1 Å². The zero-order chi connectivity index (χ0) is 13.9. The number of halogens is 1. The Morgan fingerprint density at radius 2 is 2.06 bits per heavy atom. The van der Waals surface area contributed by atoms with Gasteiger partial charge < -0.3 is 5.11 Å². The number of aliphatic carboxylic acids is 1. The molecule has 100 valence electrons. The molecular weight excluding hydrogens is 278 g/mol. The Morgan fingerprint density at radius 1 is 1.44 bits per heavy atom. The first-order valence-corrected chi connectivity index (χ1v) is 7.09. The summed E-state index contributed by atoms with van der Waals surface area (Å²) in [4.78, 5) is 10.7. The van der Waals surface area contributed by atoms with Crippen molar-refractivity contribution in [3.8, 4) is 0 Å². The third-order valence-electron chi connectivity index (χ3n) is 2.50. The van der Waals surface area contributed by atoms with E-state index in [1.165, 1.54) is 12.1 Å². The van der Waals surface area contributed by atoms with Gasteiger partial charge in [-0.05, 0) is 24.6 Å². The van der Waals surface area contributed by atoms with Gasteiger partial charge in [-0.2, -0.15) is 4.31 Å². The van der Waals surface area contributed by atoms with Gasteiger partial charge in [0.15, 0.2) is 0 Å². The monoisotopic (exact) mass is 291 g/mol. The van der Waals surface area contributed by atoms with Crippen LogP contribution in [-0.4, -0.2) is 36.9 Å². The summed E-state index contributed by atoms with van der Waals surface area (Å²) in [5.41, 5.74) is 0.419. The minimum Gasteiger partial charge on any atom is -0.480 e. The average molecular weight is 292 g/mol. The summed E-state index contributed by atoms with van der Waals surface area (Å²) >= 11 is 5.87. The molecule has 0 aromatic heterocycles. The number of carbonyl (C=O) groups is 1. The van der Waals surface area contributed by atoms with Crippen LogP contribution in [0.5, 0.6) is 0 Å². The third-order valence-corrected chi connectivity index (χ3v) is 4.97. The maximum atomic E-state index is 12.3. The number of hydrogen-bond donors (Lipinski definition) is 1. The SMILES string of the molecule is CCN(CC(=O)O)S(=O)(=O)c1cccc(Cl)c1C. The first kappa shape index (κ1) is 14.9. The Balaban J connectivity index is 3.27. The van der Waals surface area contributed by atoms with Crippen LogP contribution in [0.25, 0.3) is 0 Å². The van der Waals surface area contributed by atoms with Gasteiger partial charge in [0.1, 0.15) is 6.54 Å². The number of sulfonamides is 1. The van der Waals surface area contributed by atoms with Gasteiger partial charge in [0.05, 0.1) is 4.90 Å². The highest BCUT2D eigenvalue weighted by molar-refractivity contribution is 7.89. The van der Waals surface area contributed by atoms with Crippen molar-refractivity contribution in [2.24, 2.45) is 0 Å². The van der Waals surface area contributed by atoms with Crippen molar-refractivity contribution in [1.29, 1.82) is 0 Å². The van der Waals surface area contributed by atoms with Crippen LogP contribution in [-0.2, 0) is 14.8 Å². The number of carboxylic acid groups (broad SMARTS) is 1. The lowest BCUT2D eigenvalue weighted by Gasteiger charge is -2.19. The van der Waals surface area contributed by atoms with E-state index in [1.807, 2.05) is 0 Å². The van der Waals surface area contributed by atoms with Crippen molar-refractivity contribution >= 4 is 27.6 Å². The fourth-order valence-corrected chi connectivity index (χ4v) is 3.40. The first-order chi connectivity index (χ1) is 8.30. The molecule has 0 aliphatic rings. The lowest BCUT2D eigenvalue weighted by atomic mass is 10.2. The van der Waals surface area contributed by atoms with E-state index in [-0.39, 0.29) is 11.4 Å². The second kappa shape index (κ2) is 5.69.